The van der Waals surface area contributed by atoms with Gasteiger partial charge >= 0.3 is 12.3 Å². The molecule has 2 N–H and O–H groups in total. The predicted molar refractivity (Wildman–Crippen MR) is 70.3 cm³/mol. The first-order valence-corrected chi connectivity index (χ1v) is 6.35. The van der Waals surface area contributed by atoms with Gasteiger partial charge in [-0.1, -0.05) is 30.3 Å². The molecular formula is C14H15F4N3. The van der Waals surface area contributed by atoms with Crippen LogP contribution in [0.2, 0.25) is 0 Å². The monoisotopic (exact) mass is 301 g/mol. The van der Waals surface area contributed by atoms with Gasteiger partial charge in [0.05, 0.1) is 24.6 Å². The quantitative estimate of drug-likeness (QED) is 0.834. The molecule has 0 bridgehead atoms. The lowest BCUT2D eigenvalue weighted by molar-refractivity contribution is -0.138. The normalized spacial score (nSPS) is 13.6. The molecule has 7 heteroatoms. The minimum atomic E-state index is -4.11. The van der Waals surface area contributed by atoms with E-state index in [-0.39, 0.29) is 0 Å². The number of nitrogens with two attached hydrogens (primary N) is 1. The fraction of sp³-hybridized carbons (Fsp3) is 0.357. The van der Waals surface area contributed by atoms with Gasteiger partial charge in [-0.25, -0.2) is 13.8 Å². The number of alkyl halides is 4. The topological polar surface area (TPSA) is 43.8 Å². The number of halogens is 4. The SMILES string of the molecule is N[C@H](Cc1ccccc1)c1cncn1CC(F)(F)C(F)F. The average molecular weight is 301 g/mol. The zero-order valence-corrected chi connectivity index (χ0v) is 11.1. The highest BCUT2D eigenvalue weighted by molar-refractivity contribution is 5.18. The molecule has 0 fully saturated rings. The zero-order chi connectivity index (χ0) is 15.5. The van der Waals surface area contributed by atoms with E-state index in [4.69, 9.17) is 5.73 Å². The number of rotatable bonds is 6. The van der Waals surface area contributed by atoms with Crippen LogP contribution in [0.3, 0.4) is 0 Å². The summed E-state index contributed by atoms with van der Waals surface area (Å²) in [5, 5.41) is 0. The fourth-order valence-electron chi connectivity index (χ4n) is 2.04. The average Bonchev–Trinajstić information content (AvgIpc) is 2.87. The molecule has 0 saturated carbocycles. The molecule has 0 spiro atoms. The summed E-state index contributed by atoms with van der Waals surface area (Å²) in [6, 6.07) is 8.64. The van der Waals surface area contributed by atoms with Crippen molar-refractivity contribution in [2.75, 3.05) is 0 Å². The summed E-state index contributed by atoms with van der Waals surface area (Å²) in [5.41, 5.74) is 7.21. The molecule has 2 rings (SSSR count). The molecule has 0 aliphatic carbocycles. The van der Waals surface area contributed by atoms with Crippen molar-refractivity contribution < 1.29 is 17.6 Å². The molecule has 2 aromatic rings. The van der Waals surface area contributed by atoms with Crippen molar-refractivity contribution in [2.45, 2.75) is 31.4 Å². The van der Waals surface area contributed by atoms with Crippen molar-refractivity contribution in [3.8, 4) is 0 Å². The highest BCUT2D eigenvalue weighted by atomic mass is 19.3. The van der Waals surface area contributed by atoms with E-state index in [0.29, 0.717) is 12.1 Å². The van der Waals surface area contributed by atoms with Crippen molar-refractivity contribution in [2.24, 2.45) is 5.73 Å². The van der Waals surface area contributed by atoms with Gasteiger partial charge in [-0.15, -0.1) is 0 Å². The van der Waals surface area contributed by atoms with Crippen LogP contribution < -0.4 is 5.73 Å². The zero-order valence-electron chi connectivity index (χ0n) is 11.1. The second-order valence-corrected chi connectivity index (χ2v) is 4.80. The minimum Gasteiger partial charge on any atom is -0.327 e. The Morgan fingerprint density at radius 1 is 1.19 bits per heavy atom. The van der Waals surface area contributed by atoms with Crippen LogP contribution in [0.5, 0.6) is 0 Å². The lowest BCUT2D eigenvalue weighted by Gasteiger charge is -2.19. The Hall–Kier alpha value is -1.89. The largest absolute Gasteiger partial charge is 0.327 e. The summed E-state index contributed by atoms with van der Waals surface area (Å²) in [6.45, 7) is -1.14. The van der Waals surface area contributed by atoms with Gasteiger partial charge in [-0.2, -0.15) is 8.78 Å². The van der Waals surface area contributed by atoms with E-state index < -0.39 is 24.9 Å². The van der Waals surface area contributed by atoms with Gasteiger partial charge in [0.2, 0.25) is 0 Å². The molecule has 0 aliphatic rings. The highest BCUT2D eigenvalue weighted by Gasteiger charge is 2.41. The molecule has 0 radical (unpaired) electrons. The number of imidazole rings is 1. The van der Waals surface area contributed by atoms with Crippen molar-refractivity contribution in [3.05, 3.63) is 54.1 Å². The number of nitrogens with zero attached hydrogens (tertiary/aromatic N) is 2. The summed E-state index contributed by atoms with van der Waals surface area (Å²) >= 11 is 0. The number of hydrogen-bond donors (Lipinski definition) is 1. The Bertz CT molecular complexity index is 569. The molecule has 1 aromatic heterocycles. The second kappa shape index (κ2) is 6.26. The van der Waals surface area contributed by atoms with E-state index in [1.165, 1.54) is 6.20 Å². The van der Waals surface area contributed by atoms with Crippen LogP contribution in [0.4, 0.5) is 17.6 Å². The Balaban J connectivity index is 2.13. The summed E-state index contributed by atoms with van der Waals surface area (Å²) < 4.78 is 51.8. The summed E-state index contributed by atoms with van der Waals surface area (Å²) in [7, 11) is 0. The third-order valence-electron chi connectivity index (χ3n) is 3.12. The first-order chi connectivity index (χ1) is 9.90. The predicted octanol–water partition coefficient (Wildman–Crippen LogP) is 3.03. The summed E-state index contributed by atoms with van der Waals surface area (Å²) in [6.07, 6.45) is -0.892. The maximum atomic E-state index is 13.1. The standard InChI is InChI=1S/C14H15F4N3/c15-13(16)14(17,18)8-21-9-20-7-12(21)11(19)6-10-4-2-1-3-5-10/h1-5,7,9,11,13H,6,8,19H2/t11-/m1/s1. The third-order valence-corrected chi connectivity index (χ3v) is 3.12. The first-order valence-electron chi connectivity index (χ1n) is 6.35. The summed E-state index contributed by atoms with van der Waals surface area (Å²) in [5.74, 6) is -4.11. The molecule has 0 amide bonds. The van der Waals surface area contributed by atoms with Crippen molar-refractivity contribution in [3.63, 3.8) is 0 Å². The first kappa shape index (κ1) is 15.5. The van der Waals surface area contributed by atoms with E-state index in [0.717, 1.165) is 16.5 Å². The van der Waals surface area contributed by atoms with Gasteiger partial charge in [0.1, 0.15) is 0 Å². The lowest BCUT2D eigenvalue weighted by atomic mass is 10.0. The van der Waals surface area contributed by atoms with Gasteiger partial charge in [0.15, 0.2) is 0 Å². The van der Waals surface area contributed by atoms with Crippen LogP contribution in [0.25, 0.3) is 0 Å². The van der Waals surface area contributed by atoms with E-state index in [1.54, 1.807) is 0 Å². The van der Waals surface area contributed by atoms with Gasteiger partial charge in [0.25, 0.3) is 0 Å². The van der Waals surface area contributed by atoms with E-state index >= 15 is 0 Å². The molecule has 1 heterocycles. The van der Waals surface area contributed by atoms with Crippen LogP contribution in [0.15, 0.2) is 42.9 Å². The van der Waals surface area contributed by atoms with Crippen molar-refractivity contribution >= 4 is 0 Å². The minimum absolute atomic E-state index is 0.305. The van der Waals surface area contributed by atoms with Crippen LogP contribution in [0.1, 0.15) is 17.3 Å². The Morgan fingerprint density at radius 3 is 2.48 bits per heavy atom. The van der Waals surface area contributed by atoms with Crippen molar-refractivity contribution in [1.29, 1.82) is 0 Å². The maximum absolute atomic E-state index is 13.1. The van der Waals surface area contributed by atoms with Crippen molar-refractivity contribution in [1.82, 2.24) is 9.55 Å². The highest BCUT2D eigenvalue weighted by Crippen LogP contribution is 2.26. The lowest BCUT2D eigenvalue weighted by Crippen LogP contribution is -2.33. The fourth-order valence-corrected chi connectivity index (χ4v) is 2.04. The number of hydrogen-bond acceptors (Lipinski definition) is 2. The third kappa shape index (κ3) is 3.81. The van der Waals surface area contributed by atoms with Crippen LogP contribution in [-0.4, -0.2) is 21.9 Å². The number of aromatic nitrogens is 2. The number of benzene rings is 1. The van der Waals surface area contributed by atoms with Gasteiger partial charge in [0, 0.05) is 6.20 Å². The molecule has 21 heavy (non-hydrogen) atoms. The molecule has 1 aromatic carbocycles. The van der Waals surface area contributed by atoms with E-state index in [1.807, 2.05) is 30.3 Å². The van der Waals surface area contributed by atoms with E-state index in [9.17, 15) is 17.6 Å². The summed E-state index contributed by atoms with van der Waals surface area (Å²) in [4.78, 5) is 3.73. The molecule has 114 valence electrons. The van der Waals surface area contributed by atoms with Gasteiger partial charge < -0.3 is 10.3 Å². The maximum Gasteiger partial charge on any atom is 0.324 e. The van der Waals surface area contributed by atoms with E-state index in [2.05, 4.69) is 4.98 Å². The van der Waals surface area contributed by atoms with Crippen LogP contribution in [0, 0.1) is 0 Å². The second-order valence-electron chi connectivity index (χ2n) is 4.80. The Kier molecular flexibility index (Phi) is 4.62. The molecule has 0 aliphatic heterocycles. The molecule has 0 unspecified atom stereocenters. The van der Waals surface area contributed by atoms with Crippen LogP contribution in [-0.2, 0) is 13.0 Å². The molecular weight excluding hydrogens is 286 g/mol. The molecule has 0 saturated heterocycles. The smallest absolute Gasteiger partial charge is 0.324 e. The Labute approximate surface area is 119 Å². The molecule has 3 nitrogen and oxygen atoms in total. The van der Waals surface area contributed by atoms with Gasteiger partial charge in [-0.3, -0.25) is 0 Å². The van der Waals surface area contributed by atoms with Crippen LogP contribution >= 0.6 is 0 Å². The molecule has 1 atom stereocenters. The Morgan fingerprint density at radius 2 is 1.86 bits per heavy atom. The van der Waals surface area contributed by atoms with Gasteiger partial charge in [-0.05, 0) is 12.0 Å².